The lowest BCUT2D eigenvalue weighted by Gasteiger charge is -2.31. The van der Waals surface area contributed by atoms with Crippen LogP contribution in [-0.2, 0) is 0 Å². The highest BCUT2D eigenvalue weighted by molar-refractivity contribution is 5.90. The van der Waals surface area contributed by atoms with E-state index in [4.69, 9.17) is 15.2 Å². The van der Waals surface area contributed by atoms with Crippen LogP contribution in [0.2, 0.25) is 0 Å². The number of carbonyl (C=O) groups excluding carboxylic acids is 1. The van der Waals surface area contributed by atoms with Crippen molar-refractivity contribution in [1.29, 1.82) is 0 Å². The van der Waals surface area contributed by atoms with Crippen LogP contribution in [-0.4, -0.2) is 41.7 Å². The molecule has 1 atom stereocenters. The summed E-state index contributed by atoms with van der Waals surface area (Å²) >= 11 is 0. The van der Waals surface area contributed by atoms with Gasteiger partial charge in [0.25, 0.3) is 5.91 Å². The predicted octanol–water partition coefficient (Wildman–Crippen LogP) is 1.24. The van der Waals surface area contributed by atoms with E-state index >= 15 is 0 Å². The Morgan fingerprint density at radius 1 is 1.35 bits per heavy atom. The van der Waals surface area contributed by atoms with E-state index in [0.29, 0.717) is 25.5 Å². The molecule has 0 fully saturated rings. The summed E-state index contributed by atoms with van der Waals surface area (Å²) in [6.45, 7) is 3.72. The van der Waals surface area contributed by atoms with E-state index < -0.39 is 5.91 Å². The number of para-hydroxylation sites is 2. The average molecular weight is 314 g/mol. The predicted molar refractivity (Wildman–Crippen MR) is 84.8 cm³/mol. The fraction of sp³-hybridized carbons (Fsp3) is 0.312. The molecule has 1 aromatic carbocycles. The van der Waals surface area contributed by atoms with E-state index in [0.717, 1.165) is 11.5 Å². The Bertz CT molecular complexity index is 707. The molecule has 0 spiro atoms. The number of nitrogens with zero attached hydrogens (tertiary/aromatic N) is 3. The number of hydrogen-bond acceptors (Lipinski definition) is 6. The molecule has 1 amide bonds. The summed E-state index contributed by atoms with van der Waals surface area (Å²) in [6.07, 6.45) is 2.83. The van der Waals surface area contributed by atoms with Crippen molar-refractivity contribution in [2.45, 2.75) is 13.0 Å². The topological polar surface area (TPSA) is 90.6 Å². The highest BCUT2D eigenvalue weighted by Crippen LogP contribution is 2.31. The van der Waals surface area contributed by atoms with Gasteiger partial charge in [-0.1, -0.05) is 12.1 Å². The number of hydrogen-bond donors (Lipinski definition) is 1. The summed E-state index contributed by atoms with van der Waals surface area (Å²) in [5, 5.41) is 0. The molecule has 1 aromatic heterocycles. The lowest BCUT2D eigenvalue weighted by Crippen LogP contribution is -2.41. The molecule has 1 aliphatic rings. The lowest BCUT2D eigenvalue weighted by molar-refractivity contribution is 0.0952. The highest BCUT2D eigenvalue weighted by Gasteiger charge is 2.23. The second-order valence-electron chi connectivity index (χ2n) is 5.16. The van der Waals surface area contributed by atoms with Gasteiger partial charge in [-0.25, -0.2) is 4.98 Å². The fourth-order valence-electron chi connectivity index (χ4n) is 2.41. The van der Waals surface area contributed by atoms with Gasteiger partial charge in [0.15, 0.2) is 17.6 Å². The number of ether oxygens (including phenoxy) is 2. The fourth-order valence-corrected chi connectivity index (χ4v) is 2.41. The van der Waals surface area contributed by atoms with Crippen molar-refractivity contribution in [3.8, 4) is 11.5 Å². The second-order valence-corrected chi connectivity index (χ2v) is 5.16. The summed E-state index contributed by atoms with van der Waals surface area (Å²) in [5.74, 6) is 1.48. The van der Waals surface area contributed by atoms with Gasteiger partial charge in [-0.3, -0.25) is 9.78 Å². The summed E-state index contributed by atoms with van der Waals surface area (Å²) in [7, 11) is 0. The van der Waals surface area contributed by atoms with Gasteiger partial charge in [0.1, 0.15) is 18.1 Å². The molecular weight excluding hydrogens is 296 g/mol. The first kappa shape index (κ1) is 15.1. The van der Waals surface area contributed by atoms with Gasteiger partial charge in [-0.2, -0.15) is 0 Å². The molecule has 2 aromatic rings. The van der Waals surface area contributed by atoms with Crippen LogP contribution in [0, 0.1) is 0 Å². The molecule has 23 heavy (non-hydrogen) atoms. The number of nitrogens with two attached hydrogens (primary N) is 1. The molecular formula is C16H18N4O3. The van der Waals surface area contributed by atoms with Crippen LogP contribution in [0.25, 0.3) is 0 Å². The molecule has 0 aliphatic carbocycles. The Hall–Kier alpha value is -2.83. The average Bonchev–Trinajstić information content (AvgIpc) is 2.59. The van der Waals surface area contributed by atoms with Crippen molar-refractivity contribution in [3.05, 3.63) is 42.4 Å². The number of aromatic nitrogens is 2. The quantitative estimate of drug-likeness (QED) is 0.893. The number of primary amides is 1. The van der Waals surface area contributed by atoms with E-state index in [2.05, 4.69) is 9.97 Å². The van der Waals surface area contributed by atoms with Crippen LogP contribution in [0.1, 0.15) is 17.4 Å². The minimum atomic E-state index is -0.596. The Morgan fingerprint density at radius 2 is 2.13 bits per heavy atom. The summed E-state index contributed by atoms with van der Waals surface area (Å²) in [6, 6.07) is 7.58. The van der Waals surface area contributed by atoms with Gasteiger partial charge in [-0.05, 0) is 19.1 Å². The Labute approximate surface area is 134 Å². The highest BCUT2D eigenvalue weighted by atomic mass is 16.6. The lowest BCUT2D eigenvalue weighted by atomic mass is 10.2. The first-order valence-corrected chi connectivity index (χ1v) is 7.42. The third-order valence-corrected chi connectivity index (χ3v) is 3.57. The van der Waals surface area contributed by atoms with Crippen molar-refractivity contribution in [3.63, 3.8) is 0 Å². The molecule has 120 valence electrons. The zero-order valence-electron chi connectivity index (χ0n) is 12.8. The molecule has 7 nitrogen and oxygen atoms in total. The number of likely N-dealkylation sites (N-methyl/N-ethyl adjacent to an activating group) is 1. The third-order valence-electron chi connectivity index (χ3n) is 3.57. The van der Waals surface area contributed by atoms with E-state index in [1.807, 2.05) is 36.1 Å². The van der Waals surface area contributed by atoms with Crippen molar-refractivity contribution >= 4 is 11.7 Å². The van der Waals surface area contributed by atoms with Crippen molar-refractivity contribution in [2.24, 2.45) is 5.73 Å². The largest absolute Gasteiger partial charge is 0.486 e. The number of fused-ring (bicyclic) bond motifs is 1. The molecule has 2 heterocycles. The molecule has 3 rings (SSSR count). The zero-order chi connectivity index (χ0) is 16.2. The first-order valence-electron chi connectivity index (χ1n) is 7.42. The van der Waals surface area contributed by atoms with Crippen LogP contribution in [0.5, 0.6) is 11.5 Å². The molecule has 1 aliphatic heterocycles. The van der Waals surface area contributed by atoms with Crippen LogP contribution in [0.4, 0.5) is 5.82 Å². The molecule has 0 saturated heterocycles. The number of carbonyl (C=O) groups is 1. The van der Waals surface area contributed by atoms with Gasteiger partial charge in [0, 0.05) is 6.54 Å². The van der Waals surface area contributed by atoms with Crippen LogP contribution < -0.4 is 20.1 Å². The standard InChI is InChI=1S/C16H18N4O3/c1-2-20(15-8-18-7-12(19-15)16(17)21)9-11-10-22-13-5-3-4-6-14(13)23-11/h3-8,11H,2,9-10H2,1H3,(H2,17,21). The Morgan fingerprint density at radius 3 is 2.87 bits per heavy atom. The zero-order valence-corrected chi connectivity index (χ0v) is 12.8. The van der Waals surface area contributed by atoms with E-state index in [1.54, 1.807) is 6.20 Å². The monoisotopic (exact) mass is 314 g/mol. The number of amides is 1. The van der Waals surface area contributed by atoms with Gasteiger partial charge in [0.2, 0.25) is 0 Å². The van der Waals surface area contributed by atoms with E-state index in [-0.39, 0.29) is 11.8 Å². The number of rotatable bonds is 5. The van der Waals surface area contributed by atoms with Gasteiger partial charge in [0.05, 0.1) is 18.9 Å². The summed E-state index contributed by atoms with van der Waals surface area (Å²) in [4.78, 5) is 21.5. The molecule has 0 radical (unpaired) electrons. The maximum atomic E-state index is 11.2. The summed E-state index contributed by atoms with van der Waals surface area (Å²) in [5.41, 5.74) is 5.40. The molecule has 7 heteroatoms. The SMILES string of the molecule is CCN(CC1COc2ccccc2O1)c1cncc(C(N)=O)n1. The van der Waals surface area contributed by atoms with Gasteiger partial charge in [-0.15, -0.1) is 0 Å². The summed E-state index contributed by atoms with van der Waals surface area (Å²) < 4.78 is 11.7. The Balaban J connectivity index is 1.73. The normalized spacial score (nSPS) is 16.0. The van der Waals surface area contributed by atoms with Crippen LogP contribution >= 0.6 is 0 Å². The van der Waals surface area contributed by atoms with E-state index in [1.165, 1.54) is 6.20 Å². The molecule has 0 saturated carbocycles. The van der Waals surface area contributed by atoms with Crippen LogP contribution in [0.15, 0.2) is 36.7 Å². The van der Waals surface area contributed by atoms with E-state index in [9.17, 15) is 4.79 Å². The maximum absolute atomic E-state index is 11.2. The number of anilines is 1. The number of benzene rings is 1. The second kappa shape index (κ2) is 6.51. The smallest absolute Gasteiger partial charge is 0.268 e. The van der Waals surface area contributed by atoms with Crippen LogP contribution in [0.3, 0.4) is 0 Å². The minimum Gasteiger partial charge on any atom is -0.486 e. The van der Waals surface area contributed by atoms with Gasteiger partial charge >= 0.3 is 0 Å². The minimum absolute atomic E-state index is 0.135. The van der Waals surface area contributed by atoms with Crippen molar-refractivity contribution in [2.75, 3.05) is 24.6 Å². The molecule has 1 unspecified atom stereocenters. The van der Waals surface area contributed by atoms with Gasteiger partial charge < -0.3 is 20.1 Å². The molecule has 2 N–H and O–H groups in total. The Kier molecular flexibility index (Phi) is 4.27. The molecule has 0 bridgehead atoms. The van der Waals surface area contributed by atoms with Crippen molar-refractivity contribution in [1.82, 2.24) is 9.97 Å². The maximum Gasteiger partial charge on any atom is 0.268 e. The van der Waals surface area contributed by atoms with Crippen molar-refractivity contribution < 1.29 is 14.3 Å². The third kappa shape index (κ3) is 3.33. The first-order chi connectivity index (χ1) is 11.2.